The Morgan fingerprint density at radius 2 is 1.08 bits per heavy atom. The van der Waals surface area contributed by atoms with Gasteiger partial charge in [-0.05, 0) is 32.1 Å². The number of unbranched alkanes of at least 4 members (excludes halogenated alkanes) is 21. The van der Waals surface area contributed by atoms with E-state index in [1.807, 2.05) is 0 Å². The molecule has 50 heavy (non-hydrogen) atoms. The molecule has 0 spiro atoms. The van der Waals surface area contributed by atoms with Gasteiger partial charge in [0.25, 0.3) is 0 Å². The van der Waals surface area contributed by atoms with Gasteiger partial charge < -0.3 is 25.2 Å². The third-order valence-electron chi connectivity index (χ3n) is 8.54. The Kier molecular flexibility index (Phi) is 33.1. The van der Waals surface area contributed by atoms with E-state index >= 15 is 0 Å². The first kappa shape index (κ1) is 48.2. The minimum atomic E-state index is -4.74. The number of amides is 1. The van der Waals surface area contributed by atoms with Crippen LogP contribution >= 0.6 is 7.82 Å². The Labute approximate surface area is 303 Å². The molecule has 0 saturated heterocycles. The number of hydrogen-bond acceptors (Lipinski definition) is 8. The van der Waals surface area contributed by atoms with Gasteiger partial charge in [-0.3, -0.25) is 18.6 Å². The number of allylic oxidation sites excluding steroid dienone is 2. The lowest BCUT2D eigenvalue weighted by atomic mass is 10.0. The second-order valence-corrected chi connectivity index (χ2v) is 14.9. The molecule has 12 heteroatoms. The van der Waals surface area contributed by atoms with Crippen molar-refractivity contribution in [2.45, 2.75) is 193 Å². The second-order valence-electron chi connectivity index (χ2n) is 13.5. The minimum Gasteiger partial charge on any atom is -0.480 e. The Morgan fingerprint density at radius 1 is 0.620 bits per heavy atom. The summed E-state index contributed by atoms with van der Waals surface area (Å²) >= 11 is 0. The molecule has 3 unspecified atom stereocenters. The molecule has 0 bridgehead atoms. The summed E-state index contributed by atoms with van der Waals surface area (Å²) < 4.78 is 26.7. The van der Waals surface area contributed by atoms with Gasteiger partial charge in [0.2, 0.25) is 5.91 Å². The number of carbonyl (C=O) groups excluding carboxylic acids is 2. The van der Waals surface area contributed by atoms with E-state index in [9.17, 15) is 34.1 Å². The van der Waals surface area contributed by atoms with Crippen LogP contribution in [0.4, 0.5) is 0 Å². The number of aliphatic hydroxyl groups is 1. The van der Waals surface area contributed by atoms with Gasteiger partial charge in [0, 0.05) is 12.8 Å². The van der Waals surface area contributed by atoms with Crippen molar-refractivity contribution in [2.24, 2.45) is 0 Å². The van der Waals surface area contributed by atoms with Gasteiger partial charge in [-0.15, -0.1) is 0 Å². The number of aliphatic hydroxyl groups excluding tert-OH is 1. The van der Waals surface area contributed by atoms with Crippen molar-refractivity contribution in [3.05, 3.63) is 12.2 Å². The summed E-state index contributed by atoms with van der Waals surface area (Å²) in [4.78, 5) is 45.7. The van der Waals surface area contributed by atoms with Gasteiger partial charge in [-0.25, -0.2) is 9.36 Å². The standard InChI is InChI=1S/C38H72NO10P/c1-3-5-7-9-11-13-15-16-17-18-19-20-21-23-25-27-29-36(41)39-35(38(43)44)33-49-50(45,46)48-32-34(40)31-47-37(42)30-28-26-24-22-14-12-10-8-6-4-2/h8,10,34-35,40H,3-7,9,11-33H2,1-2H3,(H,39,41)(H,43,44)(H,45,46)/b10-8-. The highest BCUT2D eigenvalue weighted by atomic mass is 31.2. The lowest BCUT2D eigenvalue weighted by Gasteiger charge is -2.18. The summed E-state index contributed by atoms with van der Waals surface area (Å²) in [5.74, 6) is -2.38. The predicted molar refractivity (Wildman–Crippen MR) is 199 cm³/mol. The third kappa shape index (κ3) is 33.4. The molecule has 3 atom stereocenters. The van der Waals surface area contributed by atoms with Crippen molar-refractivity contribution >= 4 is 25.7 Å². The minimum absolute atomic E-state index is 0.150. The van der Waals surface area contributed by atoms with E-state index in [-0.39, 0.29) is 12.8 Å². The SMILES string of the molecule is CCC/C=C\CCCCCCCC(=O)OCC(O)COP(=O)(O)OCC(NC(=O)CCCCCCCCCCCCCCCCCC)C(=O)O. The Hall–Kier alpha value is -1.78. The topological polar surface area (TPSA) is 169 Å². The predicted octanol–water partition coefficient (Wildman–Crippen LogP) is 9.33. The lowest BCUT2D eigenvalue weighted by molar-refractivity contribution is -0.147. The molecule has 294 valence electrons. The maximum atomic E-state index is 12.3. The van der Waals surface area contributed by atoms with Crippen molar-refractivity contribution in [2.75, 3.05) is 19.8 Å². The van der Waals surface area contributed by atoms with E-state index in [0.717, 1.165) is 64.2 Å². The molecule has 0 radical (unpaired) electrons. The molecule has 0 aliphatic rings. The molecular formula is C38H72NO10P. The van der Waals surface area contributed by atoms with Gasteiger partial charge in [-0.1, -0.05) is 148 Å². The molecule has 0 heterocycles. The fraction of sp³-hybridized carbons (Fsp3) is 0.868. The monoisotopic (exact) mass is 733 g/mol. The van der Waals surface area contributed by atoms with Gasteiger partial charge in [-0.2, -0.15) is 0 Å². The molecule has 0 aromatic rings. The molecule has 0 aromatic heterocycles. The number of hydrogen-bond donors (Lipinski definition) is 4. The maximum absolute atomic E-state index is 12.3. The summed E-state index contributed by atoms with van der Waals surface area (Å²) in [6.07, 6.45) is 31.0. The molecule has 0 rings (SSSR count). The summed E-state index contributed by atoms with van der Waals surface area (Å²) in [6, 6.07) is -1.54. The van der Waals surface area contributed by atoms with Crippen LogP contribution in [0.25, 0.3) is 0 Å². The highest BCUT2D eigenvalue weighted by Crippen LogP contribution is 2.43. The normalized spacial score (nSPS) is 14.0. The van der Waals surface area contributed by atoms with Crippen LogP contribution in [0.1, 0.15) is 181 Å². The van der Waals surface area contributed by atoms with Gasteiger partial charge >= 0.3 is 19.8 Å². The maximum Gasteiger partial charge on any atom is 0.472 e. The summed E-state index contributed by atoms with van der Waals surface area (Å²) in [6.45, 7) is 2.51. The van der Waals surface area contributed by atoms with Crippen molar-refractivity contribution in [3.8, 4) is 0 Å². The van der Waals surface area contributed by atoms with E-state index < -0.39 is 57.6 Å². The van der Waals surface area contributed by atoms with Crippen LogP contribution in [-0.2, 0) is 32.7 Å². The average Bonchev–Trinajstić information content (AvgIpc) is 3.08. The van der Waals surface area contributed by atoms with Crippen molar-refractivity contribution < 1.29 is 47.8 Å². The number of phosphoric acid groups is 1. The molecule has 0 fully saturated rings. The molecular weight excluding hydrogens is 661 g/mol. The van der Waals surface area contributed by atoms with Crippen LogP contribution in [-0.4, -0.2) is 64.9 Å². The van der Waals surface area contributed by atoms with Gasteiger partial charge in [0.1, 0.15) is 12.7 Å². The number of nitrogens with one attached hydrogen (secondary N) is 1. The largest absolute Gasteiger partial charge is 0.480 e. The first-order valence-corrected chi connectivity index (χ1v) is 21.2. The number of carbonyl (C=O) groups is 3. The number of phosphoric ester groups is 1. The van der Waals surface area contributed by atoms with Crippen LogP contribution in [0, 0.1) is 0 Å². The number of carboxylic acids is 1. The lowest BCUT2D eigenvalue weighted by Crippen LogP contribution is -2.43. The molecule has 1 amide bonds. The summed E-state index contributed by atoms with van der Waals surface area (Å²) in [5, 5.41) is 21.7. The first-order valence-electron chi connectivity index (χ1n) is 19.7. The van der Waals surface area contributed by atoms with Crippen molar-refractivity contribution in [1.29, 1.82) is 0 Å². The zero-order chi connectivity index (χ0) is 37.1. The van der Waals surface area contributed by atoms with Crippen molar-refractivity contribution in [1.82, 2.24) is 5.32 Å². The highest BCUT2D eigenvalue weighted by molar-refractivity contribution is 7.47. The van der Waals surface area contributed by atoms with E-state index in [1.54, 1.807) is 0 Å². The summed E-state index contributed by atoms with van der Waals surface area (Å²) in [5.41, 5.74) is 0. The van der Waals surface area contributed by atoms with E-state index in [2.05, 4.69) is 31.3 Å². The van der Waals surface area contributed by atoms with Crippen LogP contribution < -0.4 is 5.32 Å². The Bertz CT molecular complexity index is 916. The van der Waals surface area contributed by atoms with Crippen molar-refractivity contribution in [3.63, 3.8) is 0 Å². The van der Waals surface area contributed by atoms with E-state index in [4.69, 9.17) is 13.8 Å². The third-order valence-corrected chi connectivity index (χ3v) is 9.49. The fourth-order valence-electron chi connectivity index (χ4n) is 5.43. The zero-order valence-corrected chi connectivity index (χ0v) is 32.4. The average molecular weight is 734 g/mol. The summed E-state index contributed by atoms with van der Waals surface area (Å²) in [7, 11) is -4.74. The Balaban J connectivity index is 3.93. The molecule has 0 aliphatic heterocycles. The smallest absolute Gasteiger partial charge is 0.472 e. The van der Waals surface area contributed by atoms with Crippen LogP contribution in [0.5, 0.6) is 0 Å². The molecule has 11 nitrogen and oxygen atoms in total. The van der Waals surface area contributed by atoms with Crippen LogP contribution in [0.3, 0.4) is 0 Å². The molecule has 4 N–H and O–H groups in total. The quantitative estimate of drug-likeness (QED) is 0.0209. The molecule has 0 aromatic carbocycles. The Morgan fingerprint density at radius 3 is 1.60 bits per heavy atom. The first-order chi connectivity index (χ1) is 24.1. The number of esters is 1. The van der Waals surface area contributed by atoms with Crippen LogP contribution in [0.2, 0.25) is 0 Å². The van der Waals surface area contributed by atoms with E-state index in [1.165, 1.54) is 77.0 Å². The van der Waals surface area contributed by atoms with Gasteiger partial charge in [0.05, 0.1) is 13.2 Å². The van der Waals surface area contributed by atoms with E-state index in [0.29, 0.717) is 12.8 Å². The van der Waals surface area contributed by atoms with Gasteiger partial charge in [0.15, 0.2) is 6.04 Å². The molecule has 0 aliphatic carbocycles. The fourth-order valence-corrected chi connectivity index (χ4v) is 6.21. The molecule has 0 saturated carbocycles. The number of aliphatic carboxylic acids is 1. The van der Waals surface area contributed by atoms with Crippen LogP contribution in [0.15, 0.2) is 12.2 Å². The second kappa shape index (κ2) is 34.3. The number of carboxylic acid groups (broad SMARTS) is 1. The highest BCUT2D eigenvalue weighted by Gasteiger charge is 2.28. The zero-order valence-electron chi connectivity index (χ0n) is 31.5. The number of ether oxygens (including phenoxy) is 1. The number of rotatable bonds is 37.